The van der Waals surface area contributed by atoms with Gasteiger partial charge in [-0.1, -0.05) is 13.3 Å². The summed E-state index contributed by atoms with van der Waals surface area (Å²) in [5, 5.41) is 0. The second-order valence-corrected chi connectivity index (χ2v) is 10.4. The summed E-state index contributed by atoms with van der Waals surface area (Å²) < 4.78 is 81.7. The van der Waals surface area contributed by atoms with E-state index < -0.39 is 17.9 Å². The highest BCUT2D eigenvalue weighted by Gasteiger charge is 2.62. The first-order valence-electron chi connectivity index (χ1n) is 13.5. The van der Waals surface area contributed by atoms with Gasteiger partial charge >= 0.3 is 12.1 Å². The minimum absolute atomic E-state index is 0.00675. The van der Waals surface area contributed by atoms with Gasteiger partial charge in [0.15, 0.2) is 11.5 Å². The molecular formula is C28H33F5N4O2. The molecule has 0 amide bonds. The van der Waals surface area contributed by atoms with Gasteiger partial charge in [-0.2, -0.15) is 22.0 Å². The lowest BCUT2D eigenvalue weighted by Gasteiger charge is -2.35. The Balaban J connectivity index is 1.32. The Kier molecular flexibility index (Phi) is 8.09. The summed E-state index contributed by atoms with van der Waals surface area (Å²) >= 11 is 0. The zero-order valence-electron chi connectivity index (χ0n) is 21.9. The van der Waals surface area contributed by atoms with E-state index in [4.69, 9.17) is 9.47 Å². The number of pyridine rings is 1. The molecule has 0 spiro atoms. The number of rotatable bonds is 8. The number of benzene rings is 1. The first-order valence-corrected chi connectivity index (χ1v) is 13.5. The molecule has 0 aliphatic carbocycles. The Bertz CT molecular complexity index is 1250. The molecule has 2 fully saturated rings. The van der Waals surface area contributed by atoms with E-state index in [-0.39, 0.29) is 23.0 Å². The van der Waals surface area contributed by atoms with Crippen LogP contribution in [0, 0.1) is 5.92 Å². The predicted octanol–water partition coefficient (Wildman–Crippen LogP) is 6.30. The lowest BCUT2D eigenvalue weighted by atomic mass is 9.98. The second-order valence-electron chi connectivity index (χ2n) is 10.4. The molecule has 2 aliphatic heterocycles. The molecule has 212 valence electrons. The molecule has 0 radical (unpaired) electrons. The summed E-state index contributed by atoms with van der Waals surface area (Å²) in [7, 11) is 0. The number of fused-ring (bicyclic) bond motifs is 1. The van der Waals surface area contributed by atoms with E-state index in [1.54, 1.807) is 12.1 Å². The Morgan fingerprint density at radius 3 is 2.33 bits per heavy atom. The number of ether oxygens (including phenoxy) is 2. The highest BCUT2D eigenvalue weighted by Crippen LogP contribution is 2.45. The van der Waals surface area contributed by atoms with Crippen LogP contribution < -0.4 is 4.74 Å². The maximum absolute atomic E-state index is 14.6. The molecule has 2 aromatic heterocycles. The fraction of sp³-hybridized carbons (Fsp3) is 0.571. The maximum Gasteiger partial charge on any atom is 0.461 e. The molecule has 0 bridgehead atoms. The van der Waals surface area contributed by atoms with Crippen molar-refractivity contribution in [2.75, 3.05) is 32.8 Å². The van der Waals surface area contributed by atoms with Crippen LogP contribution in [0.3, 0.4) is 0 Å². The Morgan fingerprint density at radius 1 is 1.00 bits per heavy atom. The SMILES string of the molecule is CCCc1cnc2c(c1)nc(C(F)(F)C(F)(F)F)n2-c1ccc(OC2CCN(CC3CCOCC3)CC2)cc1. The van der Waals surface area contributed by atoms with E-state index >= 15 is 0 Å². The number of hydrogen-bond acceptors (Lipinski definition) is 5. The second kappa shape index (κ2) is 11.4. The van der Waals surface area contributed by atoms with E-state index in [9.17, 15) is 22.0 Å². The maximum atomic E-state index is 14.6. The summed E-state index contributed by atoms with van der Waals surface area (Å²) in [6.07, 6.45) is 1.01. The molecule has 2 saturated heterocycles. The summed E-state index contributed by atoms with van der Waals surface area (Å²) in [4.78, 5) is 10.4. The van der Waals surface area contributed by atoms with Crippen LogP contribution in [0.15, 0.2) is 36.5 Å². The monoisotopic (exact) mass is 552 g/mol. The van der Waals surface area contributed by atoms with Crippen LogP contribution in [-0.2, 0) is 17.1 Å². The summed E-state index contributed by atoms with van der Waals surface area (Å²) in [5.74, 6) is -5.36. The van der Waals surface area contributed by atoms with Crippen LogP contribution in [0.5, 0.6) is 5.75 Å². The quantitative estimate of drug-likeness (QED) is 0.307. The van der Waals surface area contributed by atoms with Gasteiger partial charge in [-0.25, -0.2) is 9.97 Å². The zero-order valence-corrected chi connectivity index (χ0v) is 21.9. The highest BCUT2D eigenvalue weighted by molar-refractivity contribution is 5.75. The molecule has 1 aromatic carbocycles. The third-order valence-electron chi connectivity index (χ3n) is 7.52. The molecule has 0 N–H and O–H groups in total. The van der Waals surface area contributed by atoms with Crippen molar-refractivity contribution in [1.82, 2.24) is 19.4 Å². The van der Waals surface area contributed by atoms with Gasteiger partial charge < -0.3 is 14.4 Å². The van der Waals surface area contributed by atoms with Gasteiger partial charge in [0.1, 0.15) is 17.4 Å². The molecule has 6 nitrogen and oxygen atoms in total. The fourth-order valence-corrected chi connectivity index (χ4v) is 5.38. The molecule has 39 heavy (non-hydrogen) atoms. The van der Waals surface area contributed by atoms with Crippen LogP contribution >= 0.6 is 0 Å². The first kappa shape index (κ1) is 27.8. The standard InChI is InChI=1S/C28H33F5N4O2/c1-2-3-20-16-24-25(34-17-20)37(26(35-24)27(29,30)28(31,32)33)21-4-6-22(7-5-21)39-23-8-12-36(13-9-23)18-19-10-14-38-15-11-19/h4-7,16-17,19,23H,2-3,8-15,18H2,1H3. The highest BCUT2D eigenvalue weighted by atomic mass is 19.4. The summed E-state index contributed by atoms with van der Waals surface area (Å²) in [6, 6.07) is 7.64. The lowest BCUT2D eigenvalue weighted by Crippen LogP contribution is -2.41. The van der Waals surface area contributed by atoms with Gasteiger partial charge in [0.05, 0.1) is 0 Å². The molecule has 4 heterocycles. The number of imidazole rings is 1. The van der Waals surface area contributed by atoms with Gasteiger partial charge in [-0.05, 0) is 73.9 Å². The van der Waals surface area contributed by atoms with Crippen molar-refractivity contribution in [3.8, 4) is 11.4 Å². The molecule has 0 saturated carbocycles. The van der Waals surface area contributed by atoms with Gasteiger partial charge in [-0.3, -0.25) is 4.57 Å². The van der Waals surface area contributed by atoms with Gasteiger partial charge in [0, 0.05) is 44.7 Å². The third-order valence-corrected chi connectivity index (χ3v) is 7.52. The Labute approximate surface area is 224 Å². The fourth-order valence-electron chi connectivity index (χ4n) is 5.38. The average Bonchev–Trinajstić information content (AvgIpc) is 3.30. The average molecular weight is 553 g/mol. The van der Waals surface area contributed by atoms with E-state index in [2.05, 4.69) is 14.9 Å². The van der Waals surface area contributed by atoms with Crippen LogP contribution in [0.1, 0.15) is 50.4 Å². The molecule has 2 aliphatic rings. The predicted molar refractivity (Wildman–Crippen MR) is 136 cm³/mol. The van der Waals surface area contributed by atoms with Crippen molar-refractivity contribution < 1.29 is 31.4 Å². The zero-order chi connectivity index (χ0) is 27.6. The normalized spacial score (nSPS) is 18.6. The van der Waals surface area contributed by atoms with E-state index in [0.717, 1.165) is 75.1 Å². The van der Waals surface area contributed by atoms with E-state index in [0.29, 0.717) is 18.1 Å². The number of halogens is 5. The van der Waals surface area contributed by atoms with Crippen molar-refractivity contribution in [3.05, 3.63) is 47.9 Å². The number of alkyl halides is 5. The Morgan fingerprint density at radius 2 is 1.69 bits per heavy atom. The Hall–Kier alpha value is -2.79. The summed E-state index contributed by atoms with van der Waals surface area (Å²) in [6.45, 7) is 6.54. The van der Waals surface area contributed by atoms with Crippen LogP contribution in [-0.4, -0.2) is 64.6 Å². The molecule has 0 unspecified atom stereocenters. The number of likely N-dealkylation sites (tertiary alicyclic amines) is 1. The van der Waals surface area contributed by atoms with E-state index in [1.807, 2.05) is 6.92 Å². The third kappa shape index (κ3) is 6.04. The van der Waals surface area contributed by atoms with Crippen molar-refractivity contribution in [2.24, 2.45) is 5.92 Å². The number of piperidine rings is 1. The molecule has 3 aromatic rings. The summed E-state index contributed by atoms with van der Waals surface area (Å²) in [5.41, 5.74) is 0.761. The molecule has 0 atom stereocenters. The molecule has 5 rings (SSSR count). The number of aryl methyl sites for hydroxylation is 1. The van der Waals surface area contributed by atoms with Gasteiger partial charge in [0.25, 0.3) is 0 Å². The van der Waals surface area contributed by atoms with Crippen molar-refractivity contribution in [1.29, 1.82) is 0 Å². The van der Waals surface area contributed by atoms with Crippen molar-refractivity contribution in [3.63, 3.8) is 0 Å². The minimum atomic E-state index is -5.80. The van der Waals surface area contributed by atoms with Crippen molar-refractivity contribution in [2.45, 2.75) is 63.7 Å². The number of nitrogens with zero attached hydrogens (tertiary/aromatic N) is 4. The van der Waals surface area contributed by atoms with E-state index in [1.165, 1.54) is 24.4 Å². The largest absolute Gasteiger partial charge is 0.490 e. The van der Waals surface area contributed by atoms with Crippen LogP contribution in [0.25, 0.3) is 16.9 Å². The topological polar surface area (TPSA) is 52.4 Å². The minimum Gasteiger partial charge on any atom is -0.490 e. The van der Waals surface area contributed by atoms with Crippen LogP contribution in [0.2, 0.25) is 0 Å². The lowest BCUT2D eigenvalue weighted by molar-refractivity contribution is -0.292. The smallest absolute Gasteiger partial charge is 0.461 e. The van der Waals surface area contributed by atoms with Gasteiger partial charge in [0.2, 0.25) is 0 Å². The van der Waals surface area contributed by atoms with Crippen molar-refractivity contribution >= 4 is 11.2 Å². The van der Waals surface area contributed by atoms with Crippen LogP contribution in [0.4, 0.5) is 22.0 Å². The number of aromatic nitrogens is 3. The first-order chi connectivity index (χ1) is 18.7. The molecule has 11 heteroatoms. The molecular weight excluding hydrogens is 519 g/mol. The van der Waals surface area contributed by atoms with Gasteiger partial charge in [-0.15, -0.1) is 0 Å². The number of hydrogen-bond donors (Lipinski definition) is 0.